The highest BCUT2D eigenvalue weighted by molar-refractivity contribution is 9.09. The van der Waals surface area contributed by atoms with E-state index >= 15 is 0 Å². The molecule has 82 valence electrons. The van der Waals surface area contributed by atoms with E-state index in [0.29, 0.717) is 0 Å². The maximum atomic E-state index is 3.84. The largest absolute Gasteiger partial charge is 0.0884 e. The van der Waals surface area contributed by atoms with Crippen LogP contribution in [0.3, 0.4) is 0 Å². The molecule has 0 aliphatic heterocycles. The minimum absolute atomic E-state index is 0.732. The van der Waals surface area contributed by atoms with E-state index in [2.05, 4.69) is 35.0 Å². The monoisotopic (exact) mass is 258 g/mol. The summed E-state index contributed by atoms with van der Waals surface area (Å²) in [5.74, 6) is 0.811. The second kappa shape index (κ2) is 7.50. The molecule has 0 bridgehead atoms. The molecule has 0 spiro atoms. The third kappa shape index (κ3) is 4.63. The van der Waals surface area contributed by atoms with E-state index in [0.717, 1.165) is 10.7 Å². The minimum atomic E-state index is 0.732. The summed E-state index contributed by atoms with van der Waals surface area (Å²) in [6.45, 7) is 2.27. The maximum Gasteiger partial charge on any atom is 0.0208 e. The van der Waals surface area contributed by atoms with Crippen LogP contribution in [-0.2, 0) is 0 Å². The fourth-order valence-electron chi connectivity index (χ4n) is 2.12. The predicted octanol–water partition coefficient (Wildman–Crippen LogP) is 5.08. The van der Waals surface area contributed by atoms with Crippen LogP contribution in [0, 0.1) is 5.92 Å². The average molecular weight is 259 g/mol. The van der Waals surface area contributed by atoms with Gasteiger partial charge in [-0.15, -0.1) is 0 Å². The quantitative estimate of drug-likeness (QED) is 0.354. The van der Waals surface area contributed by atoms with E-state index in [4.69, 9.17) is 0 Å². The number of allylic oxidation sites excluding steroid dienone is 2. The molecular weight excluding hydrogens is 236 g/mol. The van der Waals surface area contributed by atoms with Crippen LogP contribution < -0.4 is 0 Å². The Morgan fingerprint density at radius 1 is 1.36 bits per heavy atom. The highest BCUT2D eigenvalue weighted by atomic mass is 79.9. The Morgan fingerprint density at radius 2 is 2.21 bits per heavy atom. The van der Waals surface area contributed by atoms with E-state index in [9.17, 15) is 0 Å². The smallest absolute Gasteiger partial charge is 0.0208 e. The predicted molar refractivity (Wildman–Crippen MR) is 68.0 cm³/mol. The van der Waals surface area contributed by atoms with Gasteiger partial charge in [0.05, 0.1) is 0 Å². The number of alkyl halides is 1. The molecule has 0 radical (unpaired) electrons. The van der Waals surface area contributed by atoms with Gasteiger partial charge < -0.3 is 0 Å². The van der Waals surface area contributed by atoms with Crippen LogP contribution in [0.1, 0.15) is 58.3 Å². The van der Waals surface area contributed by atoms with Gasteiger partial charge in [-0.05, 0) is 31.6 Å². The standard InChI is InChI=1S/C13H23Br/c1-2-3-4-8-11-13(14)12-9-6-5-7-10-12/h6,9,12-13H,2-5,7-8,10-11H2,1H3/t12-,13+/m0/s1. The molecule has 1 aliphatic carbocycles. The van der Waals surface area contributed by atoms with Crippen molar-refractivity contribution in [2.24, 2.45) is 5.92 Å². The maximum absolute atomic E-state index is 3.84. The van der Waals surface area contributed by atoms with Gasteiger partial charge in [0.2, 0.25) is 0 Å². The highest BCUT2D eigenvalue weighted by Gasteiger charge is 2.16. The van der Waals surface area contributed by atoms with Crippen LogP contribution in [0.4, 0.5) is 0 Å². The van der Waals surface area contributed by atoms with Crippen molar-refractivity contribution >= 4 is 15.9 Å². The second-order valence-electron chi connectivity index (χ2n) is 4.39. The Bertz CT molecular complexity index is 163. The van der Waals surface area contributed by atoms with Crippen LogP contribution >= 0.6 is 15.9 Å². The van der Waals surface area contributed by atoms with Crippen molar-refractivity contribution in [3.05, 3.63) is 12.2 Å². The normalized spacial score (nSPS) is 23.7. The van der Waals surface area contributed by atoms with E-state index in [1.165, 1.54) is 51.4 Å². The van der Waals surface area contributed by atoms with Crippen molar-refractivity contribution in [2.45, 2.75) is 63.1 Å². The Hall–Kier alpha value is 0.220. The molecule has 1 rings (SSSR count). The van der Waals surface area contributed by atoms with Gasteiger partial charge >= 0.3 is 0 Å². The number of unbranched alkanes of at least 4 members (excludes halogenated alkanes) is 3. The Kier molecular flexibility index (Phi) is 6.59. The fourth-order valence-corrected chi connectivity index (χ4v) is 2.88. The van der Waals surface area contributed by atoms with Gasteiger partial charge in [-0.3, -0.25) is 0 Å². The van der Waals surface area contributed by atoms with E-state index in [1.54, 1.807) is 0 Å². The Morgan fingerprint density at radius 3 is 2.86 bits per heavy atom. The molecule has 0 heterocycles. The van der Waals surface area contributed by atoms with Crippen molar-refractivity contribution in [2.75, 3.05) is 0 Å². The summed E-state index contributed by atoms with van der Waals surface area (Å²) in [6, 6.07) is 0. The number of hydrogen-bond acceptors (Lipinski definition) is 0. The molecule has 0 fully saturated rings. The first-order chi connectivity index (χ1) is 6.84. The van der Waals surface area contributed by atoms with Crippen molar-refractivity contribution in [3.8, 4) is 0 Å². The van der Waals surface area contributed by atoms with E-state index in [1.807, 2.05) is 0 Å². The topological polar surface area (TPSA) is 0 Å². The molecule has 0 unspecified atom stereocenters. The zero-order valence-corrected chi connectivity index (χ0v) is 10.9. The summed E-state index contributed by atoms with van der Waals surface area (Å²) in [6.07, 6.45) is 15.8. The van der Waals surface area contributed by atoms with Crippen LogP contribution in [0.25, 0.3) is 0 Å². The number of hydrogen-bond donors (Lipinski definition) is 0. The molecule has 14 heavy (non-hydrogen) atoms. The number of rotatable bonds is 6. The van der Waals surface area contributed by atoms with Gasteiger partial charge in [0.15, 0.2) is 0 Å². The summed E-state index contributed by atoms with van der Waals surface area (Å²) in [7, 11) is 0. The molecule has 0 nitrogen and oxygen atoms in total. The minimum Gasteiger partial charge on any atom is -0.0884 e. The third-order valence-corrected chi connectivity index (χ3v) is 4.23. The van der Waals surface area contributed by atoms with E-state index < -0.39 is 0 Å². The van der Waals surface area contributed by atoms with Crippen molar-refractivity contribution < 1.29 is 0 Å². The van der Waals surface area contributed by atoms with Gasteiger partial charge in [0.1, 0.15) is 0 Å². The van der Waals surface area contributed by atoms with Crippen LogP contribution in [0.5, 0.6) is 0 Å². The Balaban J connectivity index is 2.10. The van der Waals surface area contributed by atoms with Crippen molar-refractivity contribution in [1.29, 1.82) is 0 Å². The van der Waals surface area contributed by atoms with Gasteiger partial charge in [0.25, 0.3) is 0 Å². The lowest BCUT2D eigenvalue weighted by molar-refractivity contribution is 0.489. The average Bonchev–Trinajstić information content (AvgIpc) is 2.25. The first-order valence-corrected chi connectivity index (χ1v) is 7.07. The zero-order chi connectivity index (χ0) is 10.2. The van der Waals surface area contributed by atoms with Crippen LogP contribution in [-0.4, -0.2) is 4.83 Å². The van der Waals surface area contributed by atoms with Crippen molar-refractivity contribution in [1.82, 2.24) is 0 Å². The van der Waals surface area contributed by atoms with E-state index in [-0.39, 0.29) is 0 Å². The molecule has 1 aliphatic rings. The molecule has 0 amide bonds. The lowest BCUT2D eigenvalue weighted by Crippen LogP contribution is -2.14. The fraction of sp³-hybridized carbons (Fsp3) is 0.846. The molecular formula is C13H23Br. The summed E-state index contributed by atoms with van der Waals surface area (Å²) >= 11 is 3.84. The summed E-state index contributed by atoms with van der Waals surface area (Å²) in [4.78, 5) is 0.732. The lowest BCUT2D eigenvalue weighted by atomic mass is 9.91. The number of halogens is 1. The van der Waals surface area contributed by atoms with Gasteiger partial charge in [-0.25, -0.2) is 0 Å². The Labute approximate surface area is 97.3 Å². The van der Waals surface area contributed by atoms with Crippen LogP contribution in [0.2, 0.25) is 0 Å². The molecule has 2 atom stereocenters. The first kappa shape index (κ1) is 12.3. The van der Waals surface area contributed by atoms with Crippen LogP contribution in [0.15, 0.2) is 12.2 Å². The van der Waals surface area contributed by atoms with Gasteiger partial charge in [-0.1, -0.05) is 60.7 Å². The van der Waals surface area contributed by atoms with Crippen molar-refractivity contribution in [3.63, 3.8) is 0 Å². The summed E-state index contributed by atoms with van der Waals surface area (Å²) in [5.41, 5.74) is 0. The summed E-state index contributed by atoms with van der Waals surface area (Å²) in [5, 5.41) is 0. The first-order valence-electron chi connectivity index (χ1n) is 6.15. The molecule has 0 N–H and O–H groups in total. The molecule has 0 saturated carbocycles. The lowest BCUT2D eigenvalue weighted by Gasteiger charge is -2.21. The molecule has 0 aromatic carbocycles. The SMILES string of the molecule is CCCCCC[C@@H](Br)[C@H]1C=CCCC1. The summed E-state index contributed by atoms with van der Waals surface area (Å²) < 4.78 is 0. The highest BCUT2D eigenvalue weighted by Crippen LogP contribution is 2.28. The molecule has 1 heteroatoms. The second-order valence-corrected chi connectivity index (χ2v) is 5.56. The molecule has 0 aromatic rings. The third-order valence-electron chi connectivity index (χ3n) is 3.09. The zero-order valence-electron chi connectivity index (χ0n) is 9.34. The van der Waals surface area contributed by atoms with Gasteiger partial charge in [-0.2, -0.15) is 0 Å². The molecule has 0 saturated heterocycles. The van der Waals surface area contributed by atoms with Gasteiger partial charge in [0, 0.05) is 4.83 Å². The molecule has 0 aromatic heterocycles.